The van der Waals surface area contributed by atoms with Crippen LogP contribution in [0.1, 0.15) is 29.4 Å². The predicted octanol–water partition coefficient (Wildman–Crippen LogP) is 3.62. The van der Waals surface area contributed by atoms with Gasteiger partial charge in [-0.05, 0) is 37.5 Å². The van der Waals surface area contributed by atoms with Crippen LogP contribution in [0.3, 0.4) is 0 Å². The molecule has 2 aromatic carbocycles. The number of hydrogen-bond donors (Lipinski definition) is 1. The zero-order valence-electron chi connectivity index (χ0n) is 13.7. The summed E-state index contributed by atoms with van der Waals surface area (Å²) >= 11 is 0. The summed E-state index contributed by atoms with van der Waals surface area (Å²) < 4.78 is 1.80. The van der Waals surface area contributed by atoms with Gasteiger partial charge in [0, 0.05) is 11.7 Å². The number of para-hydroxylation sites is 1. The molecule has 0 radical (unpaired) electrons. The second-order valence-corrected chi connectivity index (χ2v) is 5.88. The Bertz CT molecular complexity index is 781. The topological polar surface area (TPSA) is 46.9 Å². The highest BCUT2D eigenvalue weighted by Crippen LogP contribution is 2.11. The van der Waals surface area contributed by atoms with Gasteiger partial charge in [0.05, 0.1) is 12.5 Å². The van der Waals surface area contributed by atoms with Crippen LogP contribution in [0.25, 0.3) is 5.69 Å². The van der Waals surface area contributed by atoms with Crippen molar-refractivity contribution in [1.82, 2.24) is 14.9 Å². The van der Waals surface area contributed by atoms with Crippen LogP contribution in [0.15, 0.2) is 73.2 Å². The number of carbonyl (C=O) groups excluding carboxylic acids is 1. The zero-order chi connectivity index (χ0) is 16.8. The Kier molecular flexibility index (Phi) is 5.06. The van der Waals surface area contributed by atoms with Crippen LogP contribution in [0, 0.1) is 0 Å². The molecule has 1 aromatic heterocycles. The number of carbonyl (C=O) groups is 1. The molecular formula is C20H21N3O. The first-order valence-corrected chi connectivity index (χ1v) is 8.16. The first-order valence-electron chi connectivity index (χ1n) is 8.16. The summed E-state index contributed by atoms with van der Waals surface area (Å²) in [6, 6.07) is 20.2. The molecule has 0 aliphatic rings. The van der Waals surface area contributed by atoms with E-state index in [-0.39, 0.29) is 11.9 Å². The van der Waals surface area contributed by atoms with E-state index in [2.05, 4.69) is 22.4 Å². The Balaban J connectivity index is 1.62. The van der Waals surface area contributed by atoms with Gasteiger partial charge in [-0.3, -0.25) is 9.36 Å². The fourth-order valence-corrected chi connectivity index (χ4v) is 2.66. The van der Waals surface area contributed by atoms with Gasteiger partial charge in [-0.15, -0.1) is 0 Å². The molecule has 4 heteroatoms. The Labute approximate surface area is 142 Å². The highest BCUT2D eigenvalue weighted by Gasteiger charge is 2.15. The van der Waals surface area contributed by atoms with Crippen molar-refractivity contribution in [1.29, 1.82) is 0 Å². The van der Waals surface area contributed by atoms with Crippen molar-refractivity contribution >= 4 is 5.91 Å². The van der Waals surface area contributed by atoms with Gasteiger partial charge >= 0.3 is 0 Å². The lowest BCUT2D eigenvalue weighted by Crippen LogP contribution is -2.34. The van der Waals surface area contributed by atoms with Gasteiger partial charge in [0.15, 0.2) is 0 Å². The number of amides is 1. The van der Waals surface area contributed by atoms with Crippen molar-refractivity contribution in [2.45, 2.75) is 25.8 Å². The first-order chi connectivity index (χ1) is 11.7. The number of imidazole rings is 1. The van der Waals surface area contributed by atoms with Crippen molar-refractivity contribution in [2.24, 2.45) is 0 Å². The maximum atomic E-state index is 12.5. The molecule has 0 bridgehead atoms. The molecule has 0 saturated heterocycles. The number of aryl methyl sites for hydroxylation is 1. The van der Waals surface area contributed by atoms with Gasteiger partial charge in [0.2, 0.25) is 0 Å². The minimum atomic E-state index is -0.100. The van der Waals surface area contributed by atoms with Gasteiger partial charge in [0.1, 0.15) is 5.69 Å². The van der Waals surface area contributed by atoms with E-state index >= 15 is 0 Å². The third-order valence-corrected chi connectivity index (χ3v) is 3.99. The van der Waals surface area contributed by atoms with Gasteiger partial charge in [0.25, 0.3) is 5.91 Å². The highest BCUT2D eigenvalue weighted by molar-refractivity contribution is 5.93. The van der Waals surface area contributed by atoms with Crippen molar-refractivity contribution in [3.05, 3.63) is 84.4 Å². The van der Waals surface area contributed by atoms with Gasteiger partial charge in [-0.1, -0.05) is 48.5 Å². The summed E-state index contributed by atoms with van der Waals surface area (Å²) in [5.41, 5.74) is 2.76. The lowest BCUT2D eigenvalue weighted by Gasteiger charge is -2.15. The molecule has 122 valence electrons. The maximum absolute atomic E-state index is 12.5. The average Bonchev–Trinajstić information content (AvgIpc) is 3.11. The number of aromatic nitrogens is 2. The molecule has 0 spiro atoms. The molecule has 3 rings (SSSR count). The Hall–Kier alpha value is -2.88. The number of nitrogens with zero attached hydrogens (tertiary/aromatic N) is 2. The Morgan fingerprint density at radius 1 is 1.08 bits per heavy atom. The maximum Gasteiger partial charge on any atom is 0.270 e. The number of rotatable bonds is 6. The molecular weight excluding hydrogens is 298 g/mol. The van der Waals surface area contributed by atoms with E-state index in [1.807, 2.05) is 55.5 Å². The Morgan fingerprint density at radius 2 is 1.75 bits per heavy atom. The molecule has 1 atom stereocenters. The third kappa shape index (κ3) is 3.90. The largest absolute Gasteiger partial charge is 0.348 e. The molecule has 1 N–H and O–H groups in total. The van der Waals surface area contributed by atoms with Crippen molar-refractivity contribution in [2.75, 3.05) is 0 Å². The van der Waals surface area contributed by atoms with Crippen LogP contribution in [-0.2, 0) is 6.42 Å². The van der Waals surface area contributed by atoms with E-state index in [9.17, 15) is 4.79 Å². The molecule has 0 saturated carbocycles. The molecule has 0 aliphatic heterocycles. The summed E-state index contributed by atoms with van der Waals surface area (Å²) in [5, 5.41) is 3.06. The molecule has 1 unspecified atom stereocenters. The number of benzene rings is 2. The summed E-state index contributed by atoms with van der Waals surface area (Å²) in [4.78, 5) is 16.7. The van der Waals surface area contributed by atoms with Crippen LogP contribution in [0.4, 0.5) is 0 Å². The monoisotopic (exact) mass is 319 g/mol. The van der Waals surface area contributed by atoms with Gasteiger partial charge in [-0.2, -0.15) is 0 Å². The summed E-state index contributed by atoms with van der Waals surface area (Å²) in [6.45, 7) is 2.03. The van der Waals surface area contributed by atoms with Crippen LogP contribution < -0.4 is 5.32 Å². The van der Waals surface area contributed by atoms with Crippen LogP contribution in [-0.4, -0.2) is 21.5 Å². The summed E-state index contributed by atoms with van der Waals surface area (Å²) in [5.74, 6) is -0.100. The summed E-state index contributed by atoms with van der Waals surface area (Å²) in [6.07, 6.45) is 5.11. The molecule has 0 fully saturated rings. The van der Waals surface area contributed by atoms with E-state index in [1.54, 1.807) is 17.1 Å². The Morgan fingerprint density at radius 3 is 2.46 bits per heavy atom. The normalized spacial score (nSPS) is 11.9. The standard InChI is InChI=1S/C20H21N3O/c1-16(12-13-17-8-4-2-5-9-17)22-20(24)19-14-21-15-23(19)18-10-6-3-7-11-18/h2-11,14-16H,12-13H2,1H3,(H,22,24). The quantitative estimate of drug-likeness (QED) is 0.754. The van der Waals surface area contributed by atoms with E-state index in [4.69, 9.17) is 0 Å². The first kappa shape index (κ1) is 16.0. The molecule has 24 heavy (non-hydrogen) atoms. The van der Waals surface area contributed by atoms with Crippen LogP contribution in [0.5, 0.6) is 0 Å². The van der Waals surface area contributed by atoms with Crippen molar-refractivity contribution in [3.8, 4) is 5.69 Å². The van der Waals surface area contributed by atoms with E-state index in [0.717, 1.165) is 18.5 Å². The lowest BCUT2D eigenvalue weighted by atomic mass is 10.1. The lowest BCUT2D eigenvalue weighted by molar-refractivity contribution is 0.0931. The second-order valence-electron chi connectivity index (χ2n) is 5.88. The van der Waals surface area contributed by atoms with E-state index in [1.165, 1.54) is 5.56 Å². The fraction of sp³-hybridized carbons (Fsp3) is 0.200. The van der Waals surface area contributed by atoms with Gasteiger partial charge in [-0.25, -0.2) is 4.98 Å². The van der Waals surface area contributed by atoms with E-state index < -0.39 is 0 Å². The highest BCUT2D eigenvalue weighted by atomic mass is 16.2. The zero-order valence-corrected chi connectivity index (χ0v) is 13.7. The SMILES string of the molecule is CC(CCc1ccccc1)NC(=O)c1cncn1-c1ccccc1. The predicted molar refractivity (Wildman–Crippen MR) is 95.3 cm³/mol. The minimum absolute atomic E-state index is 0.0943. The summed E-state index contributed by atoms with van der Waals surface area (Å²) in [7, 11) is 0. The average molecular weight is 319 g/mol. The fourth-order valence-electron chi connectivity index (χ4n) is 2.66. The van der Waals surface area contributed by atoms with Crippen LogP contribution in [0.2, 0.25) is 0 Å². The molecule has 3 aromatic rings. The smallest absolute Gasteiger partial charge is 0.270 e. The van der Waals surface area contributed by atoms with Gasteiger partial charge < -0.3 is 5.32 Å². The molecule has 4 nitrogen and oxygen atoms in total. The second kappa shape index (κ2) is 7.59. The van der Waals surface area contributed by atoms with E-state index in [0.29, 0.717) is 5.69 Å². The molecule has 0 aliphatic carbocycles. The molecule has 1 amide bonds. The minimum Gasteiger partial charge on any atom is -0.348 e. The number of nitrogens with one attached hydrogen (secondary N) is 1. The third-order valence-electron chi connectivity index (χ3n) is 3.99. The van der Waals surface area contributed by atoms with Crippen LogP contribution >= 0.6 is 0 Å². The van der Waals surface area contributed by atoms with Crippen molar-refractivity contribution < 1.29 is 4.79 Å². The van der Waals surface area contributed by atoms with Crippen molar-refractivity contribution in [3.63, 3.8) is 0 Å². The number of hydrogen-bond acceptors (Lipinski definition) is 2. The molecule has 1 heterocycles.